The normalized spacial score (nSPS) is 21.1. The molecule has 17 heavy (non-hydrogen) atoms. The minimum absolute atomic E-state index is 0.0954. The van der Waals surface area contributed by atoms with E-state index in [1.165, 1.54) is 0 Å². The number of hydrogen-bond acceptors (Lipinski definition) is 2. The maximum absolute atomic E-state index is 11.8. The molecule has 1 unspecified atom stereocenters. The van der Waals surface area contributed by atoms with E-state index in [1.54, 1.807) is 0 Å². The van der Waals surface area contributed by atoms with Crippen LogP contribution in [-0.4, -0.2) is 19.0 Å². The summed E-state index contributed by atoms with van der Waals surface area (Å²) in [6, 6.07) is 10.2. The van der Waals surface area contributed by atoms with Crippen LogP contribution in [0.1, 0.15) is 31.4 Å². The molecule has 2 atom stereocenters. The van der Waals surface area contributed by atoms with Gasteiger partial charge in [-0.15, -0.1) is 0 Å². The van der Waals surface area contributed by atoms with Gasteiger partial charge in [0.15, 0.2) is 0 Å². The highest BCUT2D eigenvalue weighted by molar-refractivity contribution is 5.76. The van der Waals surface area contributed by atoms with Gasteiger partial charge < -0.3 is 10.6 Å². The largest absolute Gasteiger partial charge is 0.350 e. The Balaban J connectivity index is 1.81. The lowest BCUT2D eigenvalue weighted by Gasteiger charge is -2.15. The molecule has 1 aliphatic rings. The Morgan fingerprint density at radius 2 is 2.24 bits per heavy atom. The minimum Gasteiger partial charge on any atom is -0.350 e. The van der Waals surface area contributed by atoms with Crippen LogP contribution in [0.2, 0.25) is 0 Å². The number of carbonyl (C=O) groups is 1. The van der Waals surface area contributed by atoms with E-state index in [4.69, 9.17) is 0 Å². The monoisotopic (exact) mass is 232 g/mol. The predicted octanol–water partition coefficient (Wildman–Crippen LogP) is 1.86. The van der Waals surface area contributed by atoms with Crippen LogP contribution < -0.4 is 10.6 Å². The molecule has 2 rings (SSSR count). The zero-order valence-corrected chi connectivity index (χ0v) is 10.3. The van der Waals surface area contributed by atoms with E-state index in [0.29, 0.717) is 12.3 Å². The maximum atomic E-state index is 11.8. The zero-order valence-electron chi connectivity index (χ0n) is 10.3. The summed E-state index contributed by atoms with van der Waals surface area (Å²) in [6.07, 6.45) is 1.76. The number of hydrogen-bond donors (Lipinski definition) is 2. The van der Waals surface area contributed by atoms with Crippen molar-refractivity contribution in [1.29, 1.82) is 0 Å². The van der Waals surface area contributed by atoms with Gasteiger partial charge in [-0.2, -0.15) is 0 Å². The molecule has 1 amide bonds. The molecule has 0 bridgehead atoms. The molecule has 0 saturated carbocycles. The molecule has 0 aromatic heterocycles. The van der Waals surface area contributed by atoms with Crippen LogP contribution in [0.15, 0.2) is 30.3 Å². The standard InChI is InChI=1S/C14H20N2O/c1-11(13-5-3-2-4-6-13)16-14(17)9-12-7-8-15-10-12/h2-6,11-12,15H,7-10H2,1H3,(H,16,17)/t11-,12?/m0/s1. The second-order valence-electron chi connectivity index (χ2n) is 4.76. The lowest BCUT2D eigenvalue weighted by molar-refractivity contribution is -0.122. The fourth-order valence-corrected chi connectivity index (χ4v) is 2.28. The van der Waals surface area contributed by atoms with E-state index in [-0.39, 0.29) is 11.9 Å². The van der Waals surface area contributed by atoms with E-state index in [1.807, 2.05) is 37.3 Å². The molecule has 1 aromatic rings. The Morgan fingerprint density at radius 1 is 1.47 bits per heavy atom. The summed E-state index contributed by atoms with van der Waals surface area (Å²) in [5.41, 5.74) is 1.16. The van der Waals surface area contributed by atoms with Gasteiger partial charge in [0.25, 0.3) is 0 Å². The van der Waals surface area contributed by atoms with Gasteiger partial charge in [-0.25, -0.2) is 0 Å². The maximum Gasteiger partial charge on any atom is 0.220 e. The Hall–Kier alpha value is -1.35. The highest BCUT2D eigenvalue weighted by Gasteiger charge is 2.19. The topological polar surface area (TPSA) is 41.1 Å². The summed E-state index contributed by atoms with van der Waals surface area (Å²) in [4.78, 5) is 11.8. The van der Waals surface area contributed by atoms with Gasteiger partial charge in [-0.3, -0.25) is 4.79 Å². The van der Waals surface area contributed by atoms with E-state index >= 15 is 0 Å². The van der Waals surface area contributed by atoms with Gasteiger partial charge in [0.05, 0.1) is 6.04 Å². The summed E-state index contributed by atoms with van der Waals surface area (Å²) in [5.74, 6) is 0.674. The summed E-state index contributed by atoms with van der Waals surface area (Å²) in [7, 11) is 0. The fourth-order valence-electron chi connectivity index (χ4n) is 2.28. The van der Waals surface area contributed by atoms with Crippen LogP contribution in [0.4, 0.5) is 0 Å². The van der Waals surface area contributed by atoms with Crippen molar-refractivity contribution in [3.05, 3.63) is 35.9 Å². The van der Waals surface area contributed by atoms with E-state index in [9.17, 15) is 4.79 Å². The van der Waals surface area contributed by atoms with Gasteiger partial charge in [0.1, 0.15) is 0 Å². The van der Waals surface area contributed by atoms with Crippen LogP contribution in [0, 0.1) is 5.92 Å². The summed E-state index contributed by atoms with van der Waals surface area (Å²) in [5, 5.41) is 6.34. The third-order valence-corrected chi connectivity index (χ3v) is 3.31. The van der Waals surface area contributed by atoms with E-state index < -0.39 is 0 Å². The fraction of sp³-hybridized carbons (Fsp3) is 0.500. The van der Waals surface area contributed by atoms with Gasteiger partial charge in [0.2, 0.25) is 5.91 Å². The minimum atomic E-state index is 0.0954. The second kappa shape index (κ2) is 5.82. The van der Waals surface area contributed by atoms with E-state index in [0.717, 1.165) is 25.1 Å². The average molecular weight is 232 g/mol. The summed E-state index contributed by atoms with van der Waals surface area (Å²) >= 11 is 0. The molecule has 92 valence electrons. The molecule has 1 fully saturated rings. The first-order chi connectivity index (χ1) is 8.25. The lowest BCUT2D eigenvalue weighted by Crippen LogP contribution is -2.28. The van der Waals surface area contributed by atoms with E-state index in [2.05, 4.69) is 10.6 Å². The molecule has 1 aliphatic heterocycles. The summed E-state index contributed by atoms with van der Waals surface area (Å²) in [6.45, 7) is 4.06. The first-order valence-corrected chi connectivity index (χ1v) is 6.30. The van der Waals surface area contributed by atoms with Crippen molar-refractivity contribution in [2.45, 2.75) is 25.8 Å². The number of benzene rings is 1. The quantitative estimate of drug-likeness (QED) is 0.832. The van der Waals surface area contributed by atoms with Crippen molar-refractivity contribution < 1.29 is 4.79 Å². The van der Waals surface area contributed by atoms with Crippen LogP contribution in [0.5, 0.6) is 0 Å². The second-order valence-corrected chi connectivity index (χ2v) is 4.76. The van der Waals surface area contributed by atoms with Crippen molar-refractivity contribution >= 4 is 5.91 Å². The Kier molecular flexibility index (Phi) is 4.15. The Morgan fingerprint density at radius 3 is 2.88 bits per heavy atom. The molecule has 2 N–H and O–H groups in total. The molecule has 1 heterocycles. The predicted molar refractivity (Wildman–Crippen MR) is 68.6 cm³/mol. The number of carbonyl (C=O) groups excluding carboxylic acids is 1. The van der Waals surface area contributed by atoms with Gasteiger partial charge in [0, 0.05) is 6.42 Å². The van der Waals surface area contributed by atoms with Crippen LogP contribution in [-0.2, 0) is 4.79 Å². The van der Waals surface area contributed by atoms with Gasteiger partial charge in [-0.1, -0.05) is 30.3 Å². The molecule has 0 spiro atoms. The van der Waals surface area contributed by atoms with Gasteiger partial charge in [-0.05, 0) is 37.9 Å². The highest BCUT2D eigenvalue weighted by Crippen LogP contribution is 2.15. The Bertz CT molecular complexity index is 358. The highest BCUT2D eigenvalue weighted by atomic mass is 16.1. The van der Waals surface area contributed by atoms with Crippen LogP contribution >= 0.6 is 0 Å². The molecule has 3 nitrogen and oxygen atoms in total. The van der Waals surface area contributed by atoms with Crippen molar-refractivity contribution in [3.63, 3.8) is 0 Å². The van der Waals surface area contributed by atoms with Crippen LogP contribution in [0.3, 0.4) is 0 Å². The molecule has 1 saturated heterocycles. The first kappa shape index (κ1) is 12.1. The molecule has 3 heteroatoms. The smallest absolute Gasteiger partial charge is 0.220 e. The van der Waals surface area contributed by atoms with Crippen molar-refractivity contribution in [3.8, 4) is 0 Å². The number of rotatable bonds is 4. The Labute approximate surface area is 103 Å². The van der Waals surface area contributed by atoms with Gasteiger partial charge >= 0.3 is 0 Å². The molecule has 0 aliphatic carbocycles. The van der Waals surface area contributed by atoms with Crippen LogP contribution in [0.25, 0.3) is 0 Å². The molecule has 0 radical (unpaired) electrons. The van der Waals surface area contributed by atoms with Crippen molar-refractivity contribution in [1.82, 2.24) is 10.6 Å². The zero-order chi connectivity index (χ0) is 12.1. The van der Waals surface area contributed by atoms with Crippen molar-refractivity contribution in [2.24, 2.45) is 5.92 Å². The molecular formula is C14H20N2O. The molecule has 1 aromatic carbocycles. The SMILES string of the molecule is C[C@H](NC(=O)CC1CCNC1)c1ccccc1. The summed E-state index contributed by atoms with van der Waals surface area (Å²) < 4.78 is 0. The third-order valence-electron chi connectivity index (χ3n) is 3.31. The molecular weight excluding hydrogens is 212 g/mol. The van der Waals surface area contributed by atoms with Crippen molar-refractivity contribution in [2.75, 3.05) is 13.1 Å². The lowest BCUT2D eigenvalue weighted by atomic mass is 10.0. The third kappa shape index (κ3) is 3.56. The first-order valence-electron chi connectivity index (χ1n) is 6.30. The number of amides is 1. The average Bonchev–Trinajstić information content (AvgIpc) is 2.82. The number of nitrogens with one attached hydrogen (secondary N) is 2.